The lowest BCUT2D eigenvalue weighted by Crippen LogP contribution is -2.48. The van der Waals surface area contributed by atoms with Gasteiger partial charge in [0.25, 0.3) is 0 Å². The number of hydrogen-bond donors (Lipinski definition) is 1. The van der Waals surface area contributed by atoms with Crippen LogP contribution in [0.3, 0.4) is 0 Å². The number of piperazine rings is 1. The zero-order valence-electron chi connectivity index (χ0n) is 15.5. The Hall–Kier alpha value is -2.57. The highest BCUT2D eigenvalue weighted by atomic mass is 16.2. The van der Waals surface area contributed by atoms with Gasteiger partial charge in [-0.1, -0.05) is 0 Å². The van der Waals surface area contributed by atoms with Crippen LogP contribution in [0.4, 0.5) is 11.4 Å². The summed E-state index contributed by atoms with van der Waals surface area (Å²) >= 11 is 0. The second-order valence-corrected chi connectivity index (χ2v) is 7.65. The topological polar surface area (TPSA) is 73.0 Å². The summed E-state index contributed by atoms with van der Waals surface area (Å²) in [6, 6.07) is 7.96. The van der Waals surface area contributed by atoms with Crippen LogP contribution in [0.15, 0.2) is 24.3 Å². The molecule has 2 aliphatic heterocycles. The fourth-order valence-electron chi connectivity index (χ4n) is 4.01. The third kappa shape index (κ3) is 3.91. The first-order valence-electron chi connectivity index (χ1n) is 9.80. The van der Waals surface area contributed by atoms with Gasteiger partial charge >= 0.3 is 0 Å². The summed E-state index contributed by atoms with van der Waals surface area (Å²) < 4.78 is 0. The van der Waals surface area contributed by atoms with E-state index < -0.39 is 0 Å². The van der Waals surface area contributed by atoms with Gasteiger partial charge in [0, 0.05) is 50.6 Å². The maximum Gasteiger partial charge on any atom is 0.228 e. The number of carbonyl (C=O) groups excluding carboxylic acids is 3. The van der Waals surface area contributed by atoms with Crippen LogP contribution in [0.5, 0.6) is 0 Å². The van der Waals surface area contributed by atoms with Crippen molar-refractivity contribution in [3.05, 3.63) is 24.3 Å². The predicted molar refractivity (Wildman–Crippen MR) is 102 cm³/mol. The van der Waals surface area contributed by atoms with Crippen LogP contribution in [-0.2, 0) is 14.4 Å². The quantitative estimate of drug-likeness (QED) is 0.790. The second kappa shape index (κ2) is 7.58. The third-order valence-electron chi connectivity index (χ3n) is 5.83. The van der Waals surface area contributed by atoms with Gasteiger partial charge in [0.05, 0.1) is 11.8 Å². The zero-order chi connectivity index (χ0) is 18.8. The summed E-state index contributed by atoms with van der Waals surface area (Å²) in [5.41, 5.74) is 1.97. The molecule has 1 aliphatic carbocycles. The van der Waals surface area contributed by atoms with E-state index in [1.807, 2.05) is 24.3 Å². The van der Waals surface area contributed by atoms with Crippen LogP contribution < -0.4 is 10.2 Å². The molecule has 0 aromatic heterocycles. The monoisotopic (exact) mass is 370 g/mol. The molecule has 2 atom stereocenters. The van der Waals surface area contributed by atoms with E-state index in [4.69, 9.17) is 0 Å². The van der Waals surface area contributed by atoms with E-state index in [2.05, 4.69) is 10.2 Å². The summed E-state index contributed by atoms with van der Waals surface area (Å²) in [5.74, 6) is -0.476. The van der Waals surface area contributed by atoms with Gasteiger partial charge in [-0.15, -0.1) is 0 Å². The highest BCUT2D eigenvalue weighted by Gasteiger charge is 2.49. The van der Waals surface area contributed by atoms with Crippen LogP contribution in [0, 0.1) is 11.8 Å². The standard InChI is InChI=1S/C20H26N4O3/c25-14-22-9-11-24(12-10-22)20(27)18-13-17(18)19(26)21-15-3-5-16(6-4-15)23-7-1-2-8-23/h3-6,14,17-18H,1-2,7-13H2,(H,21,26). The average molecular weight is 370 g/mol. The van der Waals surface area contributed by atoms with Gasteiger partial charge in [0.2, 0.25) is 18.2 Å². The van der Waals surface area contributed by atoms with Gasteiger partial charge in [-0.05, 0) is 43.5 Å². The minimum atomic E-state index is -0.236. The molecule has 144 valence electrons. The normalized spacial score (nSPS) is 24.7. The van der Waals surface area contributed by atoms with Crippen LogP contribution in [-0.4, -0.2) is 67.3 Å². The van der Waals surface area contributed by atoms with E-state index in [1.165, 1.54) is 18.5 Å². The number of nitrogens with zero attached hydrogens (tertiary/aromatic N) is 3. The molecular formula is C20H26N4O3. The number of anilines is 2. The summed E-state index contributed by atoms with van der Waals surface area (Å²) in [6.07, 6.45) is 3.91. The lowest BCUT2D eigenvalue weighted by Gasteiger charge is -2.32. The van der Waals surface area contributed by atoms with Crippen molar-refractivity contribution in [2.75, 3.05) is 49.5 Å². The Labute approximate surface area is 159 Å². The highest BCUT2D eigenvalue weighted by molar-refractivity contribution is 5.99. The summed E-state index contributed by atoms with van der Waals surface area (Å²) in [6.45, 7) is 4.45. The number of nitrogens with one attached hydrogen (secondary N) is 1. The zero-order valence-corrected chi connectivity index (χ0v) is 15.5. The Morgan fingerprint density at radius 2 is 1.59 bits per heavy atom. The molecule has 4 rings (SSSR count). The summed E-state index contributed by atoms with van der Waals surface area (Å²) in [5, 5.41) is 2.94. The molecule has 3 aliphatic rings. The predicted octanol–water partition coefficient (Wildman–Crippen LogP) is 1.16. The largest absolute Gasteiger partial charge is 0.372 e. The molecule has 0 radical (unpaired) electrons. The first-order valence-corrected chi connectivity index (χ1v) is 9.80. The van der Waals surface area contributed by atoms with Crippen molar-refractivity contribution in [1.29, 1.82) is 0 Å². The third-order valence-corrected chi connectivity index (χ3v) is 5.83. The van der Waals surface area contributed by atoms with Gasteiger partial charge in [0.15, 0.2) is 0 Å². The van der Waals surface area contributed by atoms with Gasteiger partial charge in [-0.2, -0.15) is 0 Å². The number of amides is 3. The SMILES string of the molecule is O=CN1CCN(C(=O)C2CC2C(=O)Nc2ccc(N3CCCC3)cc2)CC1. The molecule has 1 N–H and O–H groups in total. The minimum absolute atomic E-state index is 0.0464. The van der Waals surface area contributed by atoms with E-state index in [9.17, 15) is 14.4 Å². The molecular weight excluding hydrogens is 344 g/mol. The Bertz CT molecular complexity index is 706. The molecule has 3 amide bonds. The lowest BCUT2D eigenvalue weighted by molar-refractivity contribution is -0.137. The molecule has 0 spiro atoms. The van der Waals surface area contributed by atoms with Crippen molar-refractivity contribution in [2.45, 2.75) is 19.3 Å². The first kappa shape index (κ1) is 17.8. The van der Waals surface area contributed by atoms with Crippen molar-refractivity contribution < 1.29 is 14.4 Å². The van der Waals surface area contributed by atoms with E-state index in [1.54, 1.807) is 9.80 Å². The molecule has 1 aromatic rings. The number of rotatable bonds is 5. The minimum Gasteiger partial charge on any atom is -0.372 e. The smallest absolute Gasteiger partial charge is 0.228 e. The molecule has 0 bridgehead atoms. The van der Waals surface area contributed by atoms with Gasteiger partial charge in [0.1, 0.15) is 0 Å². The lowest BCUT2D eigenvalue weighted by atomic mass is 10.2. The molecule has 2 saturated heterocycles. The number of hydrogen-bond acceptors (Lipinski definition) is 4. The van der Waals surface area contributed by atoms with Gasteiger partial charge < -0.3 is 20.0 Å². The van der Waals surface area contributed by atoms with Gasteiger partial charge in [-0.25, -0.2) is 0 Å². The van der Waals surface area contributed by atoms with E-state index in [-0.39, 0.29) is 23.7 Å². The Balaban J connectivity index is 1.27. The molecule has 7 nitrogen and oxygen atoms in total. The highest BCUT2D eigenvalue weighted by Crippen LogP contribution is 2.41. The average Bonchev–Trinajstić information content (AvgIpc) is 3.33. The number of benzene rings is 1. The molecule has 1 aromatic carbocycles. The second-order valence-electron chi connectivity index (χ2n) is 7.65. The van der Waals surface area contributed by atoms with Crippen LogP contribution in [0.2, 0.25) is 0 Å². The Kier molecular flexibility index (Phi) is 5.01. The number of carbonyl (C=O) groups is 3. The van der Waals surface area contributed by atoms with Crippen molar-refractivity contribution in [2.24, 2.45) is 11.8 Å². The molecule has 2 heterocycles. The summed E-state index contributed by atoms with van der Waals surface area (Å²) in [7, 11) is 0. The van der Waals surface area contributed by atoms with Crippen molar-refractivity contribution in [1.82, 2.24) is 9.80 Å². The molecule has 3 fully saturated rings. The van der Waals surface area contributed by atoms with Crippen molar-refractivity contribution >= 4 is 29.6 Å². The van der Waals surface area contributed by atoms with Crippen LogP contribution >= 0.6 is 0 Å². The van der Waals surface area contributed by atoms with E-state index >= 15 is 0 Å². The molecule has 2 unspecified atom stereocenters. The maximum absolute atomic E-state index is 12.5. The molecule has 7 heteroatoms. The maximum atomic E-state index is 12.5. The van der Waals surface area contributed by atoms with Crippen LogP contribution in [0.25, 0.3) is 0 Å². The van der Waals surface area contributed by atoms with E-state index in [0.717, 1.165) is 25.2 Å². The Morgan fingerprint density at radius 1 is 0.926 bits per heavy atom. The summed E-state index contributed by atoms with van der Waals surface area (Å²) in [4.78, 5) is 41.6. The molecule has 27 heavy (non-hydrogen) atoms. The first-order chi connectivity index (χ1) is 13.2. The fraction of sp³-hybridized carbons (Fsp3) is 0.550. The Morgan fingerprint density at radius 3 is 2.22 bits per heavy atom. The van der Waals surface area contributed by atoms with Crippen molar-refractivity contribution in [3.8, 4) is 0 Å². The van der Waals surface area contributed by atoms with Crippen LogP contribution in [0.1, 0.15) is 19.3 Å². The molecule has 1 saturated carbocycles. The van der Waals surface area contributed by atoms with E-state index in [0.29, 0.717) is 32.6 Å². The van der Waals surface area contributed by atoms with Gasteiger partial charge in [-0.3, -0.25) is 14.4 Å². The van der Waals surface area contributed by atoms with Crippen molar-refractivity contribution in [3.63, 3.8) is 0 Å². The fourth-order valence-corrected chi connectivity index (χ4v) is 4.01.